The van der Waals surface area contributed by atoms with E-state index in [1.807, 2.05) is 0 Å². The molecule has 3 rings (SSSR count). The second-order valence-electron chi connectivity index (χ2n) is 6.84. The summed E-state index contributed by atoms with van der Waals surface area (Å²) in [5.74, 6) is -3.33. The van der Waals surface area contributed by atoms with Gasteiger partial charge in [-0.15, -0.1) is 0 Å². The Bertz CT molecular complexity index is 1160. The maximum atomic E-state index is 12.9. The number of rotatable bonds is 5. The molecule has 32 heavy (non-hydrogen) atoms. The molecule has 1 aliphatic rings. The van der Waals surface area contributed by atoms with Gasteiger partial charge in [0.1, 0.15) is 0 Å². The fourth-order valence-electron chi connectivity index (χ4n) is 3.00. The van der Waals surface area contributed by atoms with Gasteiger partial charge in [0, 0.05) is 12.6 Å². The van der Waals surface area contributed by atoms with Gasteiger partial charge in [-0.25, -0.2) is 14.5 Å². The second-order valence-corrected chi connectivity index (χ2v) is 6.84. The topological polar surface area (TPSA) is 165 Å². The summed E-state index contributed by atoms with van der Waals surface area (Å²) in [4.78, 5) is 72.4. The molecule has 1 heterocycles. The van der Waals surface area contributed by atoms with Crippen molar-refractivity contribution < 1.29 is 33.5 Å². The second kappa shape index (κ2) is 8.68. The maximum Gasteiger partial charge on any atom is 0.338 e. The number of nitrogens with one attached hydrogen (secondary N) is 2. The summed E-state index contributed by atoms with van der Waals surface area (Å²) < 4.78 is 4.97. The number of benzene rings is 2. The summed E-state index contributed by atoms with van der Waals surface area (Å²) in [5, 5.41) is 4.37. The maximum absolute atomic E-state index is 12.9. The first kappa shape index (κ1) is 22.2. The van der Waals surface area contributed by atoms with Gasteiger partial charge in [-0.05, 0) is 49.4 Å². The summed E-state index contributed by atoms with van der Waals surface area (Å²) in [6.45, 7) is 2.59. The molecule has 1 aliphatic heterocycles. The zero-order chi connectivity index (χ0) is 23.6. The fraction of sp³-hybridized carbons (Fsp3) is 0.143. The van der Waals surface area contributed by atoms with E-state index >= 15 is 0 Å². The van der Waals surface area contributed by atoms with Gasteiger partial charge in [-0.3, -0.25) is 24.5 Å². The van der Waals surface area contributed by atoms with Crippen LogP contribution in [0, 0.1) is 0 Å². The van der Waals surface area contributed by atoms with Crippen molar-refractivity contribution >= 4 is 47.0 Å². The van der Waals surface area contributed by atoms with E-state index in [1.165, 1.54) is 44.2 Å². The van der Waals surface area contributed by atoms with Crippen molar-refractivity contribution in [1.29, 1.82) is 0 Å². The van der Waals surface area contributed by atoms with E-state index in [2.05, 4.69) is 5.32 Å². The largest absolute Gasteiger partial charge is 0.449 e. The highest BCUT2D eigenvalue weighted by atomic mass is 16.5. The van der Waals surface area contributed by atoms with Crippen molar-refractivity contribution in [1.82, 2.24) is 5.32 Å². The number of fused-ring (bicyclic) bond motifs is 1. The summed E-state index contributed by atoms with van der Waals surface area (Å²) in [6.07, 6.45) is -1.32. The monoisotopic (exact) mass is 438 g/mol. The van der Waals surface area contributed by atoms with Crippen LogP contribution >= 0.6 is 0 Å². The lowest BCUT2D eigenvalue weighted by atomic mass is 10.1. The number of carbonyl (C=O) groups is 6. The Morgan fingerprint density at radius 3 is 2.19 bits per heavy atom. The Morgan fingerprint density at radius 1 is 0.969 bits per heavy atom. The van der Waals surface area contributed by atoms with E-state index < -0.39 is 35.8 Å². The molecule has 0 aliphatic carbocycles. The van der Waals surface area contributed by atoms with Gasteiger partial charge in [0.2, 0.25) is 5.91 Å². The number of urea groups is 1. The molecule has 0 saturated carbocycles. The van der Waals surface area contributed by atoms with Crippen molar-refractivity contribution in [2.45, 2.75) is 20.0 Å². The fourth-order valence-corrected chi connectivity index (χ4v) is 3.00. The van der Waals surface area contributed by atoms with Crippen molar-refractivity contribution in [3.63, 3.8) is 0 Å². The Hall–Kier alpha value is -4.54. The Balaban J connectivity index is 1.80. The minimum atomic E-state index is -1.32. The number of hydrogen-bond donors (Lipinski definition) is 3. The van der Waals surface area contributed by atoms with Crippen LogP contribution in [0.25, 0.3) is 0 Å². The molecule has 11 heteroatoms. The molecule has 164 valence electrons. The highest BCUT2D eigenvalue weighted by molar-refractivity contribution is 6.34. The molecule has 0 fully saturated rings. The number of esters is 1. The van der Waals surface area contributed by atoms with Crippen molar-refractivity contribution in [2.75, 3.05) is 10.2 Å². The Morgan fingerprint density at radius 2 is 1.59 bits per heavy atom. The van der Waals surface area contributed by atoms with Gasteiger partial charge in [-0.1, -0.05) is 0 Å². The third-order valence-corrected chi connectivity index (χ3v) is 4.47. The number of nitrogens with zero attached hydrogens (tertiary/aromatic N) is 1. The zero-order valence-corrected chi connectivity index (χ0v) is 17.0. The molecule has 1 unspecified atom stereocenters. The lowest BCUT2D eigenvalue weighted by Crippen LogP contribution is -2.42. The number of ether oxygens (including phenoxy) is 1. The van der Waals surface area contributed by atoms with E-state index in [4.69, 9.17) is 10.5 Å². The van der Waals surface area contributed by atoms with Crippen LogP contribution in [0.2, 0.25) is 0 Å². The molecular weight excluding hydrogens is 420 g/mol. The number of anilines is 2. The minimum Gasteiger partial charge on any atom is -0.449 e. The van der Waals surface area contributed by atoms with Gasteiger partial charge in [0.15, 0.2) is 6.10 Å². The summed E-state index contributed by atoms with van der Waals surface area (Å²) >= 11 is 0. The zero-order valence-electron chi connectivity index (χ0n) is 17.0. The van der Waals surface area contributed by atoms with Crippen LogP contribution in [0.4, 0.5) is 16.2 Å². The Kier molecular flexibility index (Phi) is 6.01. The van der Waals surface area contributed by atoms with Crippen LogP contribution in [0.5, 0.6) is 0 Å². The Labute approximate surface area is 181 Å². The molecule has 0 bridgehead atoms. The minimum absolute atomic E-state index is 0.00960. The lowest BCUT2D eigenvalue weighted by Gasteiger charge is -2.14. The van der Waals surface area contributed by atoms with Crippen LogP contribution in [0.15, 0.2) is 42.5 Å². The van der Waals surface area contributed by atoms with Crippen molar-refractivity contribution in [2.24, 2.45) is 5.73 Å². The molecular formula is C21H18N4O7. The van der Waals surface area contributed by atoms with E-state index in [0.29, 0.717) is 5.69 Å². The van der Waals surface area contributed by atoms with Crippen LogP contribution < -0.4 is 21.3 Å². The number of nitrogens with two attached hydrogens (primary N) is 1. The number of hydrogen-bond acceptors (Lipinski definition) is 7. The van der Waals surface area contributed by atoms with Gasteiger partial charge >= 0.3 is 12.0 Å². The third-order valence-electron chi connectivity index (χ3n) is 4.47. The van der Waals surface area contributed by atoms with Crippen LogP contribution in [-0.4, -0.2) is 41.7 Å². The molecule has 0 spiro atoms. The van der Waals surface area contributed by atoms with Gasteiger partial charge in [-0.2, -0.15) is 0 Å². The molecule has 11 nitrogen and oxygen atoms in total. The highest BCUT2D eigenvalue weighted by Gasteiger charge is 2.37. The summed E-state index contributed by atoms with van der Waals surface area (Å²) in [5.41, 5.74) is 5.65. The first-order chi connectivity index (χ1) is 15.1. The molecule has 0 radical (unpaired) electrons. The standard InChI is InChI=1S/C21H18N4O7/c1-10(17(27)24-21(22)31)32-20(30)12-3-8-15-16(9-12)19(29)25(18(15)28)14-6-4-13(5-7-14)23-11(2)26/h3-10H,1-2H3,(H,23,26)(H3,22,24,27,31). The number of amides is 6. The van der Waals surface area contributed by atoms with Crippen molar-refractivity contribution in [3.05, 3.63) is 59.2 Å². The van der Waals surface area contributed by atoms with E-state index in [0.717, 1.165) is 4.90 Å². The predicted molar refractivity (Wildman–Crippen MR) is 111 cm³/mol. The van der Waals surface area contributed by atoms with E-state index in [-0.39, 0.29) is 28.3 Å². The smallest absolute Gasteiger partial charge is 0.338 e. The lowest BCUT2D eigenvalue weighted by molar-refractivity contribution is -0.127. The van der Waals surface area contributed by atoms with Crippen LogP contribution in [0.3, 0.4) is 0 Å². The molecule has 2 aromatic rings. The highest BCUT2D eigenvalue weighted by Crippen LogP contribution is 2.30. The first-order valence-corrected chi connectivity index (χ1v) is 9.30. The van der Waals surface area contributed by atoms with E-state index in [9.17, 15) is 28.8 Å². The third kappa shape index (κ3) is 4.46. The van der Waals surface area contributed by atoms with Gasteiger partial charge in [0.25, 0.3) is 17.7 Å². The van der Waals surface area contributed by atoms with Gasteiger partial charge < -0.3 is 15.8 Å². The average Bonchev–Trinajstić information content (AvgIpc) is 2.97. The number of imide groups is 2. The predicted octanol–water partition coefficient (Wildman–Crippen LogP) is 1.19. The van der Waals surface area contributed by atoms with E-state index in [1.54, 1.807) is 17.4 Å². The van der Waals surface area contributed by atoms with Gasteiger partial charge in [0.05, 0.1) is 22.4 Å². The quantitative estimate of drug-likeness (QED) is 0.466. The number of primary amides is 1. The molecule has 2 aromatic carbocycles. The summed E-state index contributed by atoms with van der Waals surface area (Å²) in [7, 11) is 0. The summed E-state index contributed by atoms with van der Waals surface area (Å²) in [6, 6.07) is 8.79. The van der Waals surface area contributed by atoms with Crippen LogP contribution in [-0.2, 0) is 14.3 Å². The normalized spacial score (nSPS) is 13.2. The molecule has 1 atom stereocenters. The van der Waals surface area contributed by atoms with Crippen LogP contribution in [0.1, 0.15) is 44.9 Å². The molecule has 6 amide bonds. The average molecular weight is 438 g/mol. The molecule has 0 saturated heterocycles. The van der Waals surface area contributed by atoms with Crippen molar-refractivity contribution in [3.8, 4) is 0 Å². The molecule has 0 aromatic heterocycles. The SMILES string of the molecule is CC(=O)Nc1ccc(N2C(=O)c3ccc(C(=O)OC(C)C(=O)NC(N)=O)cc3C2=O)cc1. The molecule has 4 N–H and O–H groups in total. The first-order valence-electron chi connectivity index (χ1n) is 9.30. The number of carbonyl (C=O) groups excluding carboxylic acids is 6.